The minimum absolute atomic E-state index is 0.00339. The van der Waals surface area contributed by atoms with Gasteiger partial charge in [-0.2, -0.15) is 0 Å². The molecular weight excluding hydrogens is 284 g/mol. The SMILES string of the molecule is CC1COC(CO)CN1c1sc([C@H](C)O)cc1[N+](=O)[O-]. The van der Waals surface area contributed by atoms with Gasteiger partial charge in [-0.25, -0.2) is 0 Å². The van der Waals surface area contributed by atoms with E-state index in [1.165, 1.54) is 17.4 Å². The first-order valence-electron chi connectivity index (χ1n) is 6.39. The number of thiophene rings is 1. The molecule has 0 spiro atoms. The number of aliphatic hydroxyl groups is 2. The third kappa shape index (κ3) is 2.93. The highest BCUT2D eigenvalue weighted by molar-refractivity contribution is 7.16. The predicted molar refractivity (Wildman–Crippen MR) is 75.2 cm³/mol. The molecule has 1 saturated heterocycles. The van der Waals surface area contributed by atoms with Crippen molar-refractivity contribution < 1.29 is 19.9 Å². The number of rotatable bonds is 4. The van der Waals surface area contributed by atoms with Crippen molar-refractivity contribution in [2.24, 2.45) is 0 Å². The molecule has 0 aliphatic carbocycles. The smallest absolute Gasteiger partial charge is 0.304 e. The Morgan fingerprint density at radius 1 is 1.70 bits per heavy atom. The van der Waals surface area contributed by atoms with Crippen LogP contribution in [0.25, 0.3) is 0 Å². The Bertz CT molecular complexity index is 490. The highest BCUT2D eigenvalue weighted by Gasteiger charge is 2.32. The van der Waals surface area contributed by atoms with E-state index in [4.69, 9.17) is 4.74 Å². The van der Waals surface area contributed by atoms with Crippen molar-refractivity contribution in [1.29, 1.82) is 0 Å². The number of ether oxygens (including phenoxy) is 1. The summed E-state index contributed by atoms with van der Waals surface area (Å²) in [6, 6.07) is 1.40. The molecule has 2 N–H and O–H groups in total. The summed E-state index contributed by atoms with van der Waals surface area (Å²) in [6.07, 6.45) is -1.08. The van der Waals surface area contributed by atoms with Gasteiger partial charge >= 0.3 is 5.69 Å². The van der Waals surface area contributed by atoms with Crippen LogP contribution in [0.4, 0.5) is 10.7 Å². The highest BCUT2D eigenvalue weighted by Crippen LogP contribution is 2.41. The molecule has 1 aromatic rings. The fourth-order valence-corrected chi connectivity index (χ4v) is 3.32. The zero-order chi connectivity index (χ0) is 14.9. The van der Waals surface area contributed by atoms with E-state index in [9.17, 15) is 20.3 Å². The fraction of sp³-hybridized carbons (Fsp3) is 0.667. The molecule has 1 aromatic heterocycles. The molecule has 7 nitrogen and oxygen atoms in total. The second-order valence-corrected chi connectivity index (χ2v) is 5.97. The summed E-state index contributed by atoms with van der Waals surface area (Å²) in [5.74, 6) is 0. The first-order chi connectivity index (χ1) is 9.43. The molecule has 0 aromatic carbocycles. The fourth-order valence-electron chi connectivity index (χ4n) is 2.14. The number of hydrogen-bond acceptors (Lipinski definition) is 7. The molecule has 2 rings (SSSR count). The molecule has 1 aliphatic heterocycles. The summed E-state index contributed by atoms with van der Waals surface area (Å²) in [7, 11) is 0. The number of nitrogens with zero attached hydrogens (tertiary/aromatic N) is 2. The molecule has 0 saturated carbocycles. The topological polar surface area (TPSA) is 96.1 Å². The predicted octanol–water partition coefficient (Wildman–Crippen LogP) is 1.30. The molecule has 20 heavy (non-hydrogen) atoms. The van der Waals surface area contributed by atoms with E-state index in [0.717, 1.165) is 0 Å². The largest absolute Gasteiger partial charge is 0.394 e. The van der Waals surface area contributed by atoms with Crippen LogP contribution in [0.5, 0.6) is 0 Å². The van der Waals surface area contributed by atoms with Gasteiger partial charge in [0.05, 0.1) is 36.4 Å². The Balaban J connectivity index is 2.36. The third-order valence-corrected chi connectivity index (χ3v) is 4.62. The van der Waals surface area contributed by atoms with Gasteiger partial charge in [0.2, 0.25) is 0 Å². The van der Waals surface area contributed by atoms with Crippen LogP contribution < -0.4 is 4.90 Å². The molecule has 112 valence electrons. The molecule has 8 heteroatoms. The van der Waals surface area contributed by atoms with Crippen molar-refractivity contribution in [1.82, 2.24) is 0 Å². The van der Waals surface area contributed by atoms with Crippen molar-refractivity contribution in [2.75, 3.05) is 24.7 Å². The standard InChI is InChI=1S/C12H18N2O5S/c1-7-6-19-9(5-15)4-13(7)12-10(14(17)18)3-11(20-12)8(2)16/h3,7-9,15-16H,4-6H2,1-2H3/t7?,8-,9?/m0/s1. The summed E-state index contributed by atoms with van der Waals surface area (Å²) >= 11 is 1.22. The van der Waals surface area contributed by atoms with Crippen LogP contribution in [-0.4, -0.2) is 47.0 Å². The first kappa shape index (κ1) is 15.2. The van der Waals surface area contributed by atoms with Gasteiger partial charge < -0.3 is 19.8 Å². The maximum Gasteiger partial charge on any atom is 0.304 e. The van der Waals surface area contributed by atoms with Gasteiger partial charge in [0.25, 0.3) is 0 Å². The van der Waals surface area contributed by atoms with Crippen LogP contribution >= 0.6 is 11.3 Å². The average molecular weight is 302 g/mol. The van der Waals surface area contributed by atoms with Gasteiger partial charge in [0, 0.05) is 17.5 Å². The minimum Gasteiger partial charge on any atom is -0.394 e. The van der Waals surface area contributed by atoms with Crippen LogP contribution in [-0.2, 0) is 4.74 Å². The van der Waals surface area contributed by atoms with E-state index in [2.05, 4.69) is 0 Å². The van der Waals surface area contributed by atoms with Crippen LogP contribution in [0.15, 0.2) is 6.07 Å². The van der Waals surface area contributed by atoms with Crippen LogP contribution in [0.3, 0.4) is 0 Å². The second-order valence-electron chi connectivity index (χ2n) is 4.91. The van der Waals surface area contributed by atoms with Crippen LogP contribution in [0.2, 0.25) is 0 Å². The Hall–Kier alpha value is -1.22. The maximum absolute atomic E-state index is 11.2. The van der Waals surface area contributed by atoms with Crippen molar-refractivity contribution in [3.05, 3.63) is 21.1 Å². The van der Waals surface area contributed by atoms with E-state index in [1.54, 1.807) is 6.92 Å². The zero-order valence-electron chi connectivity index (χ0n) is 11.4. The van der Waals surface area contributed by atoms with Gasteiger partial charge in [0.1, 0.15) is 0 Å². The Labute approximate surface area is 120 Å². The van der Waals surface area contributed by atoms with Crippen LogP contribution in [0.1, 0.15) is 24.8 Å². The summed E-state index contributed by atoms with van der Waals surface area (Å²) in [4.78, 5) is 13.2. The lowest BCUT2D eigenvalue weighted by atomic mass is 10.2. The van der Waals surface area contributed by atoms with Gasteiger partial charge in [-0.3, -0.25) is 10.1 Å². The van der Waals surface area contributed by atoms with Crippen molar-refractivity contribution in [3.63, 3.8) is 0 Å². The Morgan fingerprint density at radius 2 is 2.40 bits per heavy atom. The molecule has 2 unspecified atom stereocenters. The lowest BCUT2D eigenvalue weighted by Crippen LogP contribution is -2.49. The van der Waals surface area contributed by atoms with E-state index >= 15 is 0 Å². The normalized spacial score (nSPS) is 24.7. The number of hydrogen-bond donors (Lipinski definition) is 2. The molecule has 0 radical (unpaired) electrons. The lowest BCUT2D eigenvalue weighted by Gasteiger charge is -2.37. The van der Waals surface area contributed by atoms with Crippen molar-refractivity contribution in [2.45, 2.75) is 32.1 Å². The first-order valence-corrected chi connectivity index (χ1v) is 7.21. The van der Waals surface area contributed by atoms with Gasteiger partial charge in [-0.05, 0) is 13.8 Å². The van der Waals surface area contributed by atoms with Crippen molar-refractivity contribution in [3.8, 4) is 0 Å². The average Bonchev–Trinajstić information content (AvgIpc) is 2.84. The van der Waals surface area contributed by atoms with Crippen molar-refractivity contribution >= 4 is 22.0 Å². The zero-order valence-corrected chi connectivity index (χ0v) is 12.2. The van der Waals surface area contributed by atoms with Crippen LogP contribution in [0, 0.1) is 10.1 Å². The number of anilines is 1. The molecule has 1 aliphatic rings. The third-order valence-electron chi connectivity index (χ3n) is 3.29. The quantitative estimate of drug-likeness (QED) is 0.643. The number of nitro groups is 1. The summed E-state index contributed by atoms with van der Waals surface area (Å²) in [5, 5.41) is 30.5. The summed E-state index contributed by atoms with van der Waals surface area (Å²) in [6.45, 7) is 4.19. The second kappa shape index (κ2) is 6.04. The molecule has 0 bridgehead atoms. The lowest BCUT2D eigenvalue weighted by molar-refractivity contribution is -0.383. The molecule has 3 atom stereocenters. The van der Waals surface area contributed by atoms with Gasteiger partial charge in [-0.1, -0.05) is 0 Å². The monoisotopic (exact) mass is 302 g/mol. The molecule has 2 heterocycles. The Kier molecular flexibility index (Phi) is 4.59. The van der Waals surface area contributed by atoms with E-state index in [-0.39, 0.29) is 24.4 Å². The summed E-state index contributed by atoms with van der Waals surface area (Å²) < 4.78 is 5.44. The number of morpholine rings is 1. The molecular formula is C12H18N2O5S. The molecule has 0 amide bonds. The Morgan fingerprint density at radius 3 is 2.95 bits per heavy atom. The van der Waals surface area contributed by atoms with E-state index in [0.29, 0.717) is 23.0 Å². The van der Waals surface area contributed by atoms with E-state index < -0.39 is 11.0 Å². The molecule has 1 fully saturated rings. The summed E-state index contributed by atoms with van der Waals surface area (Å²) in [5.41, 5.74) is -0.00339. The van der Waals surface area contributed by atoms with Gasteiger partial charge in [-0.15, -0.1) is 11.3 Å². The highest BCUT2D eigenvalue weighted by atomic mass is 32.1. The minimum atomic E-state index is -0.738. The number of aliphatic hydroxyl groups excluding tert-OH is 2. The maximum atomic E-state index is 11.2. The van der Waals surface area contributed by atoms with Gasteiger partial charge in [0.15, 0.2) is 5.00 Å². The van der Waals surface area contributed by atoms with E-state index in [1.807, 2.05) is 11.8 Å².